The Bertz CT molecular complexity index is 1540. The van der Waals surface area contributed by atoms with Crippen molar-refractivity contribution in [3.63, 3.8) is 0 Å². The average molecular weight is 497 g/mol. The maximum absolute atomic E-state index is 3.78. The van der Waals surface area contributed by atoms with E-state index in [2.05, 4.69) is 119 Å². The number of hydrogen-bond acceptors (Lipinski definition) is 0. The summed E-state index contributed by atoms with van der Waals surface area (Å²) in [7, 11) is 0. The summed E-state index contributed by atoms with van der Waals surface area (Å²) in [6.45, 7) is 12.9. The van der Waals surface area contributed by atoms with Crippen LogP contribution in [0.3, 0.4) is 0 Å². The Morgan fingerprint density at radius 2 is 1.66 bits per heavy atom. The monoisotopic (exact) mass is 496 g/mol. The number of unbranched alkanes of at least 4 members (excludes halogenated alkanes) is 3. The van der Waals surface area contributed by atoms with Gasteiger partial charge in [-0.25, -0.2) is 0 Å². The molecule has 0 aromatic heterocycles. The molecule has 0 saturated heterocycles. The van der Waals surface area contributed by atoms with Gasteiger partial charge in [0.15, 0.2) is 0 Å². The van der Waals surface area contributed by atoms with Crippen molar-refractivity contribution in [3.05, 3.63) is 125 Å². The first kappa shape index (κ1) is 26.0. The molecule has 5 rings (SSSR count). The summed E-state index contributed by atoms with van der Waals surface area (Å²) in [5, 5.41) is 2.61. The second kappa shape index (κ2) is 11.0. The molecule has 0 radical (unpaired) electrons. The fourth-order valence-electron chi connectivity index (χ4n) is 6.30. The molecule has 1 aliphatic carbocycles. The quantitative estimate of drug-likeness (QED) is 0.160. The molecule has 0 nitrogen and oxygen atoms in total. The molecule has 0 heteroatoms. The highest BCUT2D eigenvalue weighted by Gasteiger charge is 2.38. The van der Waals surface area contributed by atoms with Crippen LogP contribution in [0.2, 0.25) is 0 Å². The van der Waals surface area contributed by atoms with Crippen LogP contribution in [0.5, 0.6) is 0 Å². The Labute approximate surface area is 229 Å². The molecule has 4 aromatic carbocycles. The Kier molecular flexibility index (Phi) is 7.52. The van der Waals surface area contributed by atoms with Gasteiger partial charge in [0.25, 0.3) is 0 Å². The van der Waals surface area contributed by atoms with E-state index in [1.165, 1.54) is 93.0 Å². The van der Waals surface area contributed by atoms with Crippen LogP contribution in [0.1, 0.15) is 75.1 Å². The van der Waals surface area contributed by atoms with Crippen molar-refractivity contribution in [1.82, 2.24) is 0 Å². The van der Waals surface area contributed by atoms with E-state index in [0.29, 0.717) is 0 Å². The fraction of sp³-hybridized carbons (Fsp3) is 0.263. The molecule has 0 unspecified atom stereocenters. The second-order valence-corrected chi connectivity index (χ2v) is 11.2. The Morgan fingerprint density at radius 3 is 2.47 bits per heavy atom. The Hall–Kier alpha value is -3.64. The van der Waals surface area contributed by atoms with Gasteiger partial charge in [-0.3, -0.25) is 0 Å². The SMILES string of the molecule is C=C/C=C/C(C)=C\c1ccc2c(C)cc(-c3ccc4c(c3)[C@@](C)(CCCCCC)c3ccccc3-4)cc2c1. The minimum absolute atomic E-state index is 0.0655. The first-order valence-electron chi connectivity index (χ1n) is 14.2. The fourth-order valence-corrected chi connectivity index (χ4v) is 6.30. The standard InChI is InChI=1S/C38H40/c1-6-8-10-13-21-38(5)36-16-12-11-15-34(36)35-20-18-30(26-37(35)38)31-23-28(4)33-19-17-29(24-32(33)25-31)22-27(3)14-9-7-2/h7,9,11-12,14-20,22-26H,2,6,8,10,13,21H2,1,3-5H3/b14-9+,27-22-/t38-/m0/s1. The van der Waals surface area contributed by atoms with Gasteiger partial charge >= 0.3 is 0 Å². The Morgan fingerprint density at radius 1 is 0.842 bits per heavy atom. The number of hydrogen-bond donors (Lipinski definition) is 0. The van der Waals surface area contributed by atoms with Crippen molar-refractivity contribution < 1.29 is 0 Å². The maximum Gasteiger partial charge on any atom is 0.0187 e. The van der Waals surface area contributed by atoms with E-state index in [1.807, 2.05) is 12.2 Å². The number of aryl methyl sites for hydroxylation is 1. The molecular formula is C38H40. The van der Waals surface area contributed by atoms with E-state index in [0.717, 1.165) is 0 Å². The molecule has 0 amide bonds. The zero-order valence-corrected chi connectivity index (χ0v) is 23.5. The highest BCUT2D eigenvalue weighted by molar-refractivity contribution is 5.92. The third-order valence-electron chi connectivity index (χ3n) is 8.36. The zero-order chi connectivity index (χ0) is 26.7. The van der Waals surface area contributed by atoms with E-state index in [1.54, 1.807) is 0 Å². The zero-order valence-electron chi connectivity index (χ0n) is 23.5. The molecule has 0 N–H and O–H groups in total. The van der Waals surface area contributed by atoms with E-state index in [4.69, 9.17) is 0 Å². The second-order valence-electron chi connectivity index (χ2n) is 11.2. The van der Waals surface area contributed by atoms with Crippen LogP contribution in [0.4, 0.5) is 0 Å². The first-order valence-corrected chi connectivity index (χ1v) is 14.2. The lowest BCUT2D eigenvalue weighted by Gasteiger charge is -2.28. The lowest BCUT2D eigenvalue weighted by Crippen LogP contribution is -2.20. The molecular weight excluding hydrogens is 456 g/mol. The summed E-state index contributed by atoms with van der Waals surface area (Å²) in [6.07, 6.45) is 14.5. The van der Waals surface area contributed by atoms with Gasteiger partial charge in [-0.15, -0.1) is 0 Å². The molecule has 0 spiro atoms. The van der Waals surface area contributed by atoms with Gasteiger partial charge in [-0.1, -0.05) is 131 Å². The van der Waals surface area contributed by atoms with Crippen LogP contribution < -0.4 is 0 Å². The van der Waals surface area contributed by atoms with Crippen molar-refractivity contribution in [2.75, 3.05) is 0 Å². The molecule has 0 fully saturated rings. The normalized spacial score (nSPS) is 16.7. The van der Waals surface area contributed by atoms with Crippen molar-refractivity contribution >= 4 is 16.8 Å². The van der Waals surface area contributed by atoms with Crippen LogP contribution in [-0.4, -0.2) is 0 Å². The number of allylic oxidation sites excluding steroid dienone is 4. The molecule has 1 atom stereocenters. The van der Waals surface area contributed by atoms with Crippen molar-refractivity contribution in [2.45, 2.75) is 65.2 Å². The lowest BCUT2D eigenvalue weighted by atomic mass is 9.75. The van der Waals surface area contributed by atoms with Crippen LogP contribution in [-0.2, 0) is 5.41 Å². The van der Waals surface area contributed by atoms with E-state index < -0.39 is 0 Å². The predicted molar refractivity (Wildman–Crippen MR) is 168 cm³/mol. The summed E-state index contributed by atoms with van der Waals surface area (Å²) >= 11 is 0. The Balaban J connectivity index is 1.56. The maximum atomic E-state index is 3.78. The molecule has 0 aliphatic heterocycles. The average Bonchev–Trinajstić information content (AvgIpc) is 3.18. The minimum Gasteiger partial charge on any atom is -0.0991 e. The van der Waals surface area contributed by atoms with Gasteiger partial charge in [0.05, 0.1) is 0 Å². The summed E-state index contributed by atoms with van der Waals surface area (Å²) in [6, 6.07) is 27.8. The third kappa shape index (κ3) is 4.93. The summed E-state index contributed by atoms with van der Waals surface area (Å²) in [4.78, 5) is 0. The predicted octanol–water partition coefficient (Wildman–Crippen LogP) is 11.2. The molecule has 38 heavy (non-hydrogen) atoms. The summed E-state index contributed by atoms with van der Waals surface area (Å²) in [5.74, 6) is 0. The van der Waals surface area contributed by atoms with E-state index in [-0.39, 0.29) is 5.41 Å². The van der Waals surface area contributed by atoms with Gasteiger partial charge in [0, 0.05) is 5.41 Å². The third-order valence-corrected chi connectivity index (χ3v) is 8.36. The smallest absolute Gasteiger partial charge is 0.0187 e. The molecule has 4 aromatic rings. The van der Waals surface area contributed by atoms with Gasteiger partial charge in [0.2, 0.25) is 0 Å². The van der Waals surface area contributed by atoms with E-state index in [9.17, 15) is 0 Å². The van der Waals surface area contributed by atoms with Crippen LogP contribution in [0.25, 0.3) is 39.1 Å². The molecule has 0 bridgehead atoms. The summed E-state index contributed by atoms with van der Waals surface area (Å²) in [5.41, 5.74) is 12.3. The summed E-state index contributed by atoms with van der Waals surface area (Å²) < 4.78 is 0. The van der Waals surface area contributed by atoms with Crippen LogP contribution in [0.15, 0.2) is 103 Å². The molecule has 0 saturated carbocycles. The highest BCUT2D eigenvalue weighted by Crippen LogP contribution is 2.52. The van der Waals surface area contributed by atoms with Crippen molar-refractivity contribution in [1.29, 1.82) is 0 Å². The van der Waals surface area contributed by atoms with Gasteiger partial charge in [-0.05, 0) is 93.7 Å². The van der Waals surface area contributed by atoms with Gasteiger partial charge in [0.1, 0.15) is 0 Å². The molecule has 0 heterocycles. The topological polar surface area (TPSA) is 0 Å². The van der Waals surface area contributed by atoms with Crippen LogP contribution >= 0.6 is 0 Å². The van der Waals surface area contributed by atoms with Crippen molar-refractivity contribution in [2.24, 2.45) is 0 Å². The molecule has 192 valence electrons. The highest BCUT2D eigenvalue weighted by atomic mass is 14.4. The largest absolute Gasteiger partial charge is 0.0991 e. The van der Waals surface area contributed by atoms with Crippen LogP contribution in [0, 0.1) is 6.92 Å². The van der Waals surface area contributed by atoms with E-state index >= 15 is 0 Å². The first-order chi connectivity index (χ1) is 18.4. The molecule has 1 aliphatic rings. The minimum atomic E-state index is 0.0655. The van der Waals surface area contributed by atoms with Gasteiger partial charge in [-0.2, -0.15) is 0 Å². The number of fused-ring (bicyclic) bond motifs is 4. The van der Waals surface area contributed by atoms with Crippen molar-refractivity contribution in [3.8, 4) is 22.3 Å². The number of rotatable bonds is 9. The van der Waals surface area contributed by atoms with Gasteiger partial charge < -0.3 is 0 Å². The number of benzene rings is 4. The lowest BCUT2D eigenvalue weighted by molar-refractivity contribution is 0.487.